The molecule has 3 amide bonds. The number of ketones is 4. The zero-order valence-corrected chi connectivity index (χ0v) is 44.4. The van der Waals surface area contributed by atoms with Crippen molar-refractivity contribution in [1.82, 2.24) is 35.8 Å². The van der Waals surface area contributed by atoms with Crippen molar-refractivity contribution in [3.05, 3.63) is 83.7 Å². The molecule has 3 N–H and O–H groups in total. The molecule has 0 radical (unpaired) electrons. The minimum absolute atomic E-state index is 0.0112. The molecule has 1 aliphatic rings. The second-order valence-electron chi connectivity index (χ2n) is 19.7. The first-order valence-corrected chi connectivity index (χ1v) is 26.3. The zero-order chi connectivity index (χ0) is 51.9. The Labute approximate surface area is 432 Å². The van der Waals surface area contributed by atoms with Gasteiger partial charge in [-0.3, -0.25) is 47.9 Å². The van der Waals surface area contributed by atoms with Crippen LogP contribution in [0.2, 0.25) is 0 Å². The van der Waals surface area contributed by atoms with E-state index in [0.29, 0.717) is 57.7 Å². The number of esters is 1. The van der Waals surface area contributed by atoms with E-state index in [9.17, 15) is 38.4 Å². The maximum atomic E-state index is 14.6. The number of nitrogens with one attached hydrogen (secondary N) is 3. The molecule has 1 fully saturated rings. The quantitative estimate of drug-likeness (QED) is 0.0429. The highest BCUT2D eigenvalue weighted by Gasteiger charge is 2.42. The molecule has 0 bridgehead atoms. The number of ether oxygens (including phenoxy) is 2. The Morgan fingerprint density at radius 3 is 1.97 bits per heavy atom. The van der Waals surface area contributed by atoms with Gasteiger partial charge in [0.1, 0.15) is 5.78 Å². The van der Waals surface area contributed by atoms with Gasteiger partial charge in [-0.25, -0.2) is 0 Å². The summed E-state index contributed by atoms with van der Waals surface area (Å²) in [5.74, 6) is -5.18. The van der Waals surface area contributed by atoms with Gasteiger partial charge < -0.3 is 25.4 Å². The van der Waals surface area contributed by atoms with E-state index in [0.717, 1.165) is 11.1 Å². The summed E-state index contributed by atoms with van der Waals surface area (Å²) in [6.45, 7) is 11.5. The SMILES string of the molecule is CC(C)C[C@H](NC(=O)[C@H](CCc1ccccc1)CC(=O)CN1CCOCC1)C(=O)C[C@@H](Cc1ccccc1)C(=O)N[C@@H](CC(C)C)C(=O)[C@@](C)(CI)OC(=O)CCC(=O)NCC(=O)CCc1cn(C)nn1. The van der Waals surface area contributed by atoms with Gasteiger partial charge in [0.25, 0.3) is 0 Å². The fourth-order valence-electron chi connectivity index (χ4n) is 8.41. The van der Waals surface area contributed by atoms with Crippen molar-refractivity contribution >= 4 is 69.4 Å². The van der Waals surface area contributed by atoms with Crippen LogP contribution in [0.4, 0.5) is 0 Å². The molecule has 0 unspecified atom stereocenters. The van der Waals surface area contributed by atoms with E-state index in [4.69, 9.17) is 9.47 Å². The Bertz CT molecular complexity index is 2220. The second kappa shape index (κ2) is 30.0. The maximum Gasteiger partial charge on any atom is 0.307 e. The normalized spacial score (nSPS) is 15.5. The Morgan fingerprint density at radius 1 is 0.761 bits per heavy atom. The highest BCUT2D eigenvalue weighted by Crippen LogP contribution is 2.25. The number of rotatable bonds is 32. The summed E-state index contributed by atoms with van der Waals surface area (Å²) >= 11 is 1.95. The number of halogens is 1. The van der Waals surface area contributed by atoms with Crippen molar-refractivity contribution in [1.29, 1.82) is 0 Å². The number of amides is 3. The van der Waals surface area contributed by atoms with Crippen LogP contribution in [-0.2, 0) is 74.1 Å². The van der Waals surface area contributed by atoms with Gasteiger partial charge >= 0.3 is 5.97 Å². The number of hydrogen-bond acceptors (Lipinski definition) is 13. The monoisotopic (exact) mass is 1100 g/mol. The van der Waals surface area contributed by atoms with Crippen molar-refractivity contribution in [2.75, 3.05) is 43.8 Å². The fraction of sp³-hybridized carbons (Fsp3) is 0.585. The smallest absolute Gasteiger partial charge is 0.307 e. The average molecular weight is 1100 g/mol. The third kappa shape index (κ3) is 21.2. The van der Waals surface area contributed by atoms with Gasteiger partial charge in [-0.05, 0) is 62.0 Å². The van der Waals surface area contributed by atoms with E-state index < -0.39 is 59.0 Å². The highest BCUT2D eigenvalue weighted by atomic mass is 127. The minimum Gasteiger partial charge on any atom is -0.450 e. The summed E-state index contributed by atoms with van der Waals surface area (Å²) in [7, 11) is 1.72. The first-order chi connectivity index (χ1) is 33.8. The molecule has 17 nitrogen and oxygen atoms in total. The molecule has 2 heterocycles. The number of carbonyl (C=O) groups excluding carboxylic acids is 8. The van der Waals surface area contributed by atoms with Gasteiger partial charge in [-0.15, -0.1) is 5.10 Å². The van der Waals surface area contributed by atoms with Crippen LogP contribution >= 0.6 is 22.6 Å². The first-order valence-electron chi connectivity index (χ1n) is 24.8. The van der Waals surface area contributed by atoms with Gasteiger partial charge in [0.05, 0.1) is 50.5 Å². The van der Waals surface area contributed by atoms with Crippen molar-refractivity contribution in [2.24, 2.45) is 30.7 Å². The number of morpholine rings is 1. The summed E-state index contributed by atoms with van der Waals surface area (Å²) in [4.78, 5) is 111. The Hall–Kier alpha value is -5.21. The average Bonchev–Trinajstić information content (AvgIpc) is 3.77. The molecule has 1 aromatic heterocycles. The van der Waals surface area contributed by atoms with Gasteiger partial charge in [0.15, 0.2) is 23.0 Å². The lowest BCUT2D eigenvalue weighted by Crippen LogP contribution is -2.55. The molecule has 1 saturated heterocycles. The molecular formula is C53H74IN7O10. The van der Waals surface area contributed by atoms with E-state index in [-0.39, 0.29) is 91.6 Å². The standard InChI is InChI=1S/C53H74IN7O10/c1-36(2)27-45(56-51(68)40(18-17-38-13-9-7-10-14-38)30-44(63)34-61-23-25-70-26-24-61)47(64)31-41(29-39-15-11-8-12-16-39)52(69)57-46(28-37(3)4)50(67)53(5,35-54)71-49(66)22-21-48(65)55-32-43(62)20-19-42-33-60(6)59-58-42/h7-16,33,36-37,40-41,45-46H,17-32,34-35H2,1-6H3,(H,55,65)(H,56,68)(H,57,69)/t40-,41-,45+,46+,53-/m1/s1. The van der Waals surface area contributed by atoms with Crippen molar-refractivity contribution in [2.45, 2.75) is 123 Å². The Morgan fingerprint density at radius 2 is 1.37 bits per heavy atom. The summed E-state index contributed by atoms with van der Waals surface area (Å²) < 4.78 is 12.8. The van der Waals surface area contributed by atoms with Gasteiger partial charge in [-0.2, -0.15) is 0 Å². The molecule has 71 heavy (non-hydrogen) atoms. The van der Waals surface area contributed by atoms with Crippen molar-refractivity contribution in [3.63, 3.8) is 0 Å². The van der Waals surface area contributed by atoms with Crippen LogP contribution in [0, 0.1) is 23.7 Å². The predicted octanol–water partition coefficient (Wildman–Crippen LogP) is 4.94. The number of aryl methyl sites for hydroxylation is 3. The largest absolute Gasteiger partial charge is 0.450 e. The highest BCUT2D eigenvalue weighted by molar-refractivity contribution is 14.1. The van der Waals surface area contributed by atoms with E-state index in [1.54, 1.807) is 13.2 Å². The summed E-state index contributed by atoms with van der Waals surface area (Å²) in [5.41, 5.74) is 0.783. The first kappa shape index (κ1) is 58.4. The molecular weight excluding hydrogens is 1020 g/mol. The van der Waals surface area contributed by atoms with Crippen molar-refractivity contribution < 1.29 is 47.8 Å². The summed E-state index contributed by atoms with van der Waals surface area (Å²) in [5, 5.41) is 16.3. The van der Waals surface area contributed by atoms with E-state index in [1.165, 1.54) is 11.6 Å². The number of aromatic nitrogens is 3. The van der Waals surface area contributed by atoms with Crippen molar-refractivity contribution in [3.8, 4) is 0 Å². The topological polar surface area (TPSA) is 225 Å². The Balaban J connectivity index is 1.46. The van der Waals surface area contributed by atoms with Crippen LogP contribution in [0.5, 0.6) is 0 Å². The van der Waals surface area contributed by atoms with E-state index in [2.05, 4.69) is 26.3 Å². The Kier molecular flexibility index (Phi) is 24.6. The van der Waals surface area contributed by atoms with Crippen LogP contribution in [0.1, 0.15) is 103 Å². The van der Waals surface area contributed by atoms with E-state index in [1.807, 2.05) is 116 Å². The molecule has 388 valence electrons. The number of alkyl halides is 1. The molecule has 0 saturated carbocycles. The molecule has 3 aromatic rings. The number of carbonyl (C=O) groups is 8. The third-order valence-corrected chi connectivity index (χ3v) is 13.8. The van der Waals surface area contributed by atoms with Crippen LogP contribution in [0.3, 0.4) is 0 Å². The molecule has 18 heteroatoms. The number of Topliss-reactive ketones (excluding diaryl/α,β-unsaturated/α-hetero) is 4. The number of benzene rings is 2. The number of nitrogens with zero attached hydrogens (tertiary/aromatic N) is 4. The van der Waals surface area contributed by atoms with Crippen LogP contribution in [-0.4, -0.2) is 128 Å². The number of hydrogen-bond donors (Lipinski definition) is 3. The molecule has 2 aromatic carbocycles. The fourth-order valence-corrected chi connectivity index (χ4v) is 8.94. The molecule has 5 atom stereocenters. The lowest BCUT2D eigenvalue weighted by atomic mass is 9.87. The van der Waals surface area contributed by atoms with Gasteiger partial charge in [0, 0.05) is 74.7 Å². The molecule has 0 aliphatic carbocycles. The molecule has 1 aliphatic heterocycles. The second-order valence-corrected chi connectivity index (χ2v) is 20.5. The minimum atomic E-state index is -1.69. The van der Waals surface area contributed by atoms with Gasteiger partial charge in [-0.1, -0.05) is 116 Å². The lowest BCUT2D eigenvalue weighted by molar-refractivity contribution is -0.164. The predicted molar refractivity (Wildman–Crippen MR) is 276 cm³/mol. The zero-order valence-electron chi connectivity index (χ0n) is 42.3. The molecule has 0 spiro atoms. The summed E-state index contributed by atoms with van der Waals surface area (Å²) in [6.07, 6.45) is 2.99. The van der Waals surface area contributed by atoms with Gasteiger partial charge in [0.2, 0.25) is 17.7 Å². The molecule has 4 rings (SSSR count). The third-order valence-electron chi connectivity index (χ3n) is 12.3. The van der Waals surface area contributed by atoms with E-state index >= 15 is 0 Å². The van der Waals surface area contributed by atoms with Crippen LogP contribution in [0.25, 0.3) is 0 Å². The van der Waals surface area contributed by atoms with Crippen LogP contribution < -0.4 is 16.0 Å². The van der Waals surface area contributed by atoms with Crippen LogP contribution in [0.15, 0.2) is 66.9 Å². The summed E-state index contributed by atoms with van der Waals surface area (Å²) in [6, 6.07) is 16.9. The maximum absolute atomic E-state index is 14.6. The lowest BCUT2D eigenvalue weighted by Gasteiger charge is -2.32.